The van der Waals surface area contributed by atoms with Gasteiger partial charge in [-0.05, 0) is 39.3 Å². The smallest absolute Gasteiger partial charge is 0.237 e. The van der Waals surface area contributed by atoms with Gasteiger partial charge in [-0.2, -0.15) is 0 Å². The van der Waals surface area contributed by atoms with Crippen molar-refractivity contribution >= 4 is 5.91 Å². The number of hydrogen-bond donors (Lipinski definition) is 2. The standard InChI is InChI=1S/C14H27N3O/c1-4-8-16-14(18)12(3)17(10-5-2)13-7-6-9-15-11-13/h4,12-13,15H,1,5-11H2,2-3H3,(H,16,18). The lowest BCUT2D eigenvalue weighted by atomic mass is 10.0. The normalized spacial score (nSPS) is 21.6. The molecule has 0 spiro atoms. The number of rotatable bonds is 7. The first kappa shape index (κ1) is 15.2. The van der Waals surface area contributed by atoms with Gasteiger partial charge in [0, 0.05) is 19.1 Å². The summed E-state index contributed by atoms with van der Waals surface area (Å²) in [5, 5.41) is 6.31. The van der Waals surface area contributed by atoms with Crippen LogP contribution in [0.5, 0.6) is 0 Å². The van der Waals surface area contributed by atoms with Gasteiger partial charge in [-0.25, -0.2) is 0 Å². The highest BCUT2D eigenvalue weighted by Crippen LogP contribution is 2.14. The Morgan fingerprint density at radius 1 is 1.67 bits per heavy atom. The minimum atomic E-state index is -0.0604. The highest BCUT2D eigenvalue weighted by Gasteiger charge is 2.28. The third kappa shape index (κ3) is 4.42. The van der Waals surface area contributed by atoms with Crippen molar-refractivity contribution in [3.8, 4) is 0 Å². The summed E-state index contributed by atoms with van der Waals surface area (Å²) < 4.78 is 0. The van der Waals surface area contributed by atoms with Crippen LogP contribution in [0.3, 0.4) is 0 Å². The van der Waals surface area contributed by atoms with Gasteiger partial charge in [-0.1, -0.05) is 13.0 Å². The average Bonchev–Trinajstić information content (AvgIpc) is 2.42. The van der Waals surface area contributed by atoms with Crippen molar-refractivity contribution in [2.75, 3.05) is 26.2 Å². The highest BCUT2D eigenvalue weighted by atomic mass is 16.2. The molecule has 4 nitrogen and oxygen atoms in total. The molecule has 2 unspecified atom stereocenters. The number of hydrogen-bond acceptors (Lipinski definition) is 3. The van der Waals surface area contributed by atoms with Crippen molar-refractivity contribution < 1.29 is 4.79 Å². The molecular weight excluding hydrogens is 226 g/mol. The lowest BCUT2D eigenvalue weighted by Gasteiger charge is -2.37. The molecule has 0 aromatic rings. The second-order valence-corrected chi connectivity index (χ2v) is 4.95. The monoisotopic (exact) mass is 253 g/mol. The van der Waals surface area contributed by atoms with E-state index in [-0.39, 0.29) is 11.9 Å². The summed E-state index contributed by atoms with van der Waals surface area (Å²) in [6.07, 6.45) is 5.18. The molecule has 1 aliphatic rings. The van der Waals surface area contributed by atoms with E-state index in [1.54, 1.807) is 6.08 Å². The first-order valence-corrected chi connectivity index (χ1v) is 7.05. The van der Waals surface area contributed by atoms with Crippen LogP contribution in [0, 0.1) is 0 Å². The first-order chi connectivity index (χ1) is 8.70. The van der Waals surface area contributed by atoms with Gasteiger partial charge in [0.2, 0.25) is 5.91 Å². The van der Waals surface area contributed by atoms with Crippen LogP contribution in [0.15, 0.2) is 12.7 Å². The van der Waals surface area contributed by atoms with Gasteiger partial charge >= 0.3 is 0 Å². The van der Waals surface area contributed by atoms with Crippen LogP contribution in [0.25, 0.3) is 0 Å². The summed E-state index contributed by atoms with van der Waals surface area (Å²) in [4.78, 5) is 14.4. The van der Waals surface area contributed by atoms with Gasteiger partial charge < -0.3 is 10.6 Å². The lowest BCUT2D eigenvalue weighted by molar-refractivity contribution is -0.126. The molecule has 1 rings (SSSR count). The van der Waals surface area contributed by atoms with Gasteiger partial charge in [-0.15, -0.1) is 6.58 Å². The molecule has 104 valence electrons. The molecule has 1 amide bonds. The van der Waals surface area contributed by atoms with Gasteiger partial charge in [0.25, 0.3) is 0 Å². The van der Waals surface area contributed by atoms with E-state index in [1.165, 1.54) is 12.8 Å². The number of carbonyl (C=O) groups excluding carboxylic acids is 1. The SMILES string of the molecule is C=CCNC(=O)C(C)N(CCC)C1CCCNC1. The van der Waals surface area contributed by atoms with E-state index in [1.807, 2.05) is 6.92 Å². The van der Waals surface area contributed by atoms with Crippen LogP contribution in [0.1, 0.15) is 33.1 Å². The highest BCUT2D eigenvalue weighted by molar-refractivity contribution is 5.81. The summed E-state index contributed by atoms with van der Waals surface area (Å²) >= 11 is 0. The maximum absolute atomic E-state index is 12.0. The van der Waals surface area contributed by atoms with Gasteiger partial charge in [0.1, 0.15) is 0 Å². The molecule has 4 heteroatoms. The maximum Gasteiger partial charge on any atom is 0.237 e. The minimum Gasteiger partial charge on any atom is -0.351 e. The van der Waals surface area contributed by atoms with E-state index in [9.17, 15) is 4.79 Å². The first-order valence-electron chi connectivity index (χ1n) is 7.05. The molecule has 0 saturated carbocycles. The average molecular weight is 253 g/mol. The number of nitrogens with zero attached hydrogens (tertiary/aromatic N) is 1. The number of nitrogens with one attached hydrogen (secondary N) is 2. The van der Waals surface area contributed by atoms with E-state index in [4.69, 9.17) is 0 Å². The van der Waals surface area contributed by atoms with Gasteiger partial charge in [0.15, 0.2) is 0 Å². The number of amides is 1. The Balaban J connectivity index is 2.57. The fourth-order valence-electron chi connectivity index (χ4n) is 2.54. The molecule has 2 atom stereocenters. The van der Waals surface area contributed by atoms with E-state index >= 15 is 0 Å². The molecule has 0 bridgehead atoms. The summed E-state index contributed by atoms with van der Waals surface area (Å²) in [7, 11) is 0. The van der Waals surface area contributed by atoms with Crippen LogP contribution >= 0.6 is 0 Å². The summed E-state index contributed by atoms with van der Waals surface area (Å²) in [5.74, 6) is 0.105. The molecule has 1 heterocycles. The quantitative estimate of drug-likeness (QED) is 0.669. The Morgan fingerprint density at radius 2 is 2.44 bits per heavy atom. The van der Waals surface area contributed by atoms with E-state index in [0.717, 1.165) is 26.1 Å². The Bertz CT molecular complexity index is 262. The van der Waals surface area contributed by atoms with Crippen molar-refractivity contribution in [3.05, 3.63) is 12.7 Å². The fraction of sp³-hybridized carbons (Fsp3) is 0.786. The third-order valence-electron chi connectivity index (χ3n) is 3.52. The molecule has 1 fully saturated rings. The predicted octanol–water partition coefficient (Wildman–Crippen LogP) is 1.14. The molecule has 0 aromatic heterocycles. The molecule has 0 radical (unpaired) electrons. The Labute approximate surface area is 111 Å². The molecule has 2 N–H and O–H groups in total. The summed E-state index contributed by atoms with van der Waals surface area (Å²) in [6, 6.07) is 0.429. The second kappa shape index (κ2) is 8.27. The zero-order chi connectivity index (χ0) is 13.4. The summed E-state index contributed by atoms with van der Waals surface area (Å²) in [5.41, 5.74) is 0. The van der Waals surface area contributed by atoms with E-state index in [0.29, 0.717) is 12.6 Å². The van der Waals surface area contributed by atoms with Gasteiger partial charge in [0.05, 0.1) is 6.04 Å². The van der Waals surface area contributed by atoms with Crippen molar-refractivity contribution in [2.45, 2.75) is 45.2 Å². The van der Waals surface area contributed by atoms with Crippen LogP contribution in [-0.2, 0) is 4.79 Å². The molecule has 0 aromatic carbocycles. The van der Waals surface area contributed by atoms with E-state index in [2.05, 4.69) is 29.0 Å². The summed E-state index contributed by atoms with van der Waals surface area (Å²) in [6.45, 7) is 11.4. The third-order valence-corrected chi connectivity index (χ3v) is 3.52. The minimum absolute atomic E-state index is 0.0604. The number of carbonyl (C=O) groups is 1. The van der Waals surface area contributed by atoms with Crippen LogP contribution in [0.2, 0.25) is 0 Å². The molecule has 0 aliphatic carbocycles. The Kier molecular flexibility index (Phi) is 6.98. The Hall–Kier alpha value is -0.870. The lowest BCUT2D eigenvalue weighted by Crippen LogP contribution is -2.54. The Morgan fingerprint density at radius 3 is 3.00 bits per heavy atom. The maximum atomic E-state index is 12.0. The predicted molar refractivity (Wildman–Crippen MR) is 75.6 cm³/mol. The number of piperidine rings is 1. The van der Waals surface area contributed by atoms with Gasteiger partial charge in [-0.3, -0.25) is 9.69 Å². The molecule has 18 heavy (non-hydrogen) atoms. The van der Waals surface area contributed by atoms with Crippen LogP contribution < -0.4 is 10.6 Å². The van der Waals surface area contributed by atoms with Crippen molar-refractivity contribution in [1.82, 2.24) is 15.5 Å². The van der Waals surface area contributed by atoms with Crippen molar-refractivity contribution in [1.29, 1.82) is 0 Å². The van der Waals surface area contributed by atoms with Crippen molar-refractivity contribution in [2.24, 2.45) is 0 Å². The molecule has 1 saturated heterocycles. The van der Waals surface area contributed by atoms with Crippen molar-refractivity contribution in [3.63, 3.8) is 0 Å². The van der Waals surface area contributed by atoms with E-state index < -0.39 is 0 Å². The van der Waals surface area contributed by atoms with Crippen LogP contribution in [0.4, 0.5) is 0 Å². The fourth-order valence-corrected chi connectivity index (χ4v) is 2.54. The zero-order valence-corrected chi connectivity index (χ0v) is 11.7. The zero-order valence-electron chi connectivity index (χ0n) is 11.7. The second-order valence-electron chi connectivity index (χ2n) is 4.95. The van der Waals surface area contributed by atoms with Crippen LogP contribution in [-0.4, -0.2) is 49.1 Å². The molecule has 1 aliphatic heterocycles. The topological polar surface area (TPSA) is 44.4 Å². The molecular formula is C14H27N3O. The largest absolute Gasteiger partial charge is 0.351 e.